The first-order valence-corrected chi connectivity index (χ1v) is 4.66. The minimum atomic E-state index is 0.653. The molecule has 0 fully saturated rings. The van der Waals surface area contributed by atoms with Gasteiger partial charge in [-0.3, -0.25) is 4.98 Å². The van der Waals surface area contributed by atoms with Gasteiger partial charge in [0, 0.05) is 25.6 Å². The number of nitrogens with zero attached hydrogens (tertiary/aromatic N) is 3. The summed E-state index contributed by atoms with van der Waals surface area (Å²) >= 11 is 0. The Bertz CT molecular complexity index is 449. The molecule has 0 saturated heterocycles. The Labute approximate surface area is 88.0 Å². The predicted molar refractivity (Wildman–Crippen MR) is 59.2 cm³/mol. The second-order valence-electron chi connectivity index (χ2n) is 3.31. The van der Waals surface area contributed by atoms with Crippen LogP contribution in [-0.4, -0.2) is 14.5 Å². The lowest BCUT2D eigenvalue weighted by Gasteiger charge is -2.06. The van der Waals surface area contributed by atoms with E-state index in [1.807, 2.05) is 23.9 Å². The van der Waals surface area contributed by atoms with E-state index in [1.54, 1.807) is 18.6 Å². The third kappa shape index (κ3) is 2.25. The molecule has 78 valence electrons. The number of hydrogen-bond donors (Lipinski definition) is 2. The Balaban J connectivity index is 2.02. The van der Waals surface area contributed by atoms with Gasteiger partial charge in [0.05, 0.1) is 24.1 Å². The number of nitrogens with one attached hydrogen (secondary N) is 1. The summed E-state index contributed by atoms with van der Waals surface area (Å²) in [6, 6.07) is 1.84. The van der Waals surface area contributed by atoms with E-state index in [0.717, 1.165) is 11.5 Å². The number of nitrogens with two attached hydrogens (primary N) is 1. The molecule has 5 heteroatoms. The van der Waals surface area contributed by atoms with Crippen molar-refractivity contribution in [2.45, 2.75) is 6.54 Å². The molecule has 0 radical (unpaired) electrons. The number of imidazole rings is 1. The predicted octanol–water partition coefficient (Wildman–Crippen LogP) is 1.01. The van der Waals surface area contributed by atoms with Gasteiger partial charge in [0.1, 0.15) is 5.82 Å². The van der Waals surface area contributed by atoms with Crippen LogP contribution in [-0.2, 0) is 13.6 Å². The molecule has 2 aromatic rings. The lowest BCUT2D eigenvalue weighted by Crippen LogP contribution is -2.06. The van der Waals surface area contributed by atoms with Crippen molar-refractivity contribution in [3.05, 3.63) is 36.7 Å². The molecule has 2 heterocycles. The largest absolute Gasteiger partial charge is 0.397 e. The van der Waals surface area contributed by atoms with Crippen LogP contribution < -0.4 is 11.1 Å². The molecule has 0 aliphatic heterocycles. The van der Waals surface area contributed by atoms with E-state index in [0.29, 0.717) is 12.2 Å². The van der Waals surface area contributed by atoms with Gasteiger partial charge in [-0.25, -0.2) is 4.98 Å². The molecule has 0 aliphatic rings. The molecular formula is C10H13N5. The van der Waals surface area contributed by atoms with E-state index in [1.165, 1.54) is 0 Å². The molecule has 0 saturated carbocycles. The van der Waals surface area contributed by atoms with Gasteiger partial charge in [0.25, 0.3) is 0 Å². The van der Waals surface area contributed by atoms with Crippen molar-refractivity contribution >= 4 is 11.4 Å². The third-order valence-electron chi connectivity index (χ3n) is 2.13. The van der Waals surface area contributed by atoms with Crippen molar-refractivity contribution in [1.29, 1.82) is 0 Å². The smallest absolute Gasteiger partial charge is 0.127 e. The van der Waals surface area contributed by atoms with Crippen LogP contribution in [0.5, 0.6) is 0 Å². The molecule has 0 amide bonds. The third-order valence-corrected chi connectivity index (χ3v) is 2.13. The van der Waals surface area contributed by atoms with Crippen LogP contribution in [0.15, 0.2) is 30.9 Å². The summed E-state index contributed by atoms with van der Waals surface area (Å²) in [7, 11) is 1.96. The second kappa shape index (κ2) is 4.00. The minimum absolute atomic E-state index is 0.653. The number of nitrogen functional groups attached to an aromatic ring is 1. The maximum Gasteiger partial charge on any atom is 0.127 e. The average molecular weight is 203 g/mol. The van der Waals surface area contributed by atoms with Gasteiger partial charge in [-0.2, -0.15) is 0 Å². The van der Waals surface area contributed by atoms with Crippen LogP contribution in [0.4, 0.5) is 11.4 Å². The van der Waals surface area contributed by atoms with E-state index < -0.39 is 0 Å². The molecule has 5 nitrogen and oxygen atoms in total. The number of rotatable bonds is 3. The standard InChI is InChI=1S/C10H13N5/c1-15-3-2-13-10(15)7-14-9-4-8(11)5-12-6-9/h2-6,14H,7,11H2,1H3. The van der Waals surface area contributed by atoms with Crippen molar-refractivity contribution in [3.63, 3.8) is 0 Å². The Morgan fingerprint density at radius 2 is 2.33 bits per heavy atom. The SMILES string of the molecule is Cn1ccnc1CNc1cncc(N)c1. The van der Waals surface area contributed by atoms with Crippen molar-refractivity contribution in [3.8, 4) is 0 Å². The van der Waals surface area contributed by atoms with E-state index in [-0.39, 0.29) is 0 Å². The Kier molecular flexibility index (Phi) is 2.53. The zero-order valence-electron chi connectivity index (χ0n) is 8.51. The number of hydrogen-bond acceptors (Lipinski definition) is 4. The first-order valence-electron chi connectivity index (χ1n) is 4.66. The van der Waals surface area contributed by atoms with Gasteiger partial charge < -0.3 is 15.6 Å². The van der Waals surface area contributed by atoms with Crippen molar-refractivity contribution in [1.82, 2.24) is 14.5 Å². The molecule has 0 aliphatic carbocycles. The van der Waals surface area contributed by atoms with Crippen LogP contribution >= 0.6 is 0 Å². The van der Waals surface area contributed by atoms with E-state index >= 15 is 0 Å². The van der Waals surface area contributed by atoms with E-state index in [2.05, 4.69) is 15.3 Å². The highest BCUT2D eigenvalue weighted by molar-refractivity contribution is 5.51. The quantitative estimate of drug-likeness (QED) is 0.781. The van der Waals surface area contributed by atoms with Crippen molar-refractivity contribution in [2.24, 2.45) is 7.05 Å². The summed E-state index contributed by atoms with van der Waals surface area (Å²) in [5.74, 6) is 0.970. The molecule has 0 unspecified atom stereocenters. The highest BCUT2D eigenvalue weighted by atomic mass is 15.1. The maximum atomic E-state index is 5.61. The Morgan fingerprint density at radius 3 is 3.00 bits per heavy atom. The van der Waals surface area contributed by atoms with Crippen LogP contribution in [0, 0.1) is 0 Å². The van der Waals surface area contributed by atoms with E-state index in [9.17, 15) is 0 Å². The summed E-state index contributed by atoms with van der Waals surface area (Å²) in [5.41, 5.74) is 7.17. The van der Waals surface area contributed by atoms with Gasteiger partial charge in [0.15, 0.2) is 0 Å². The fourth-order valence-corrected chi connectivity index (χ4v) is 1.30. The van der Waals surface area contributed by atoms with Crippen molar-refractivity contribution in [2.75, 3.05) is 11.1 Å². The number of pyridine rings is 1. The fraction of sp³-hybridized carbons (Fsp3) is 0.200. The average Bonchev–Trinajstić information content (AvgIpc) is 2.61. The topological polar surface area (TPSA) is 68.8 Å². The normalized spacial score (nSPS) is 10.2. The molecule has 0 atom stereocenters. The highest BCUT2D eigenvalue weighted by Gasteiger charge is 1.99. The lowest BCUT2D eigenvalue weighted by molar-refractivity contribution is 0.812. The molecular weight excluding hydrogens is 190 g/mol. The highest BCUT2D eigenvalue weighted by Crippen LogP contribution is 2.10. The molecule has 3 N–H and O–H groups in total. The molecule has 0 bridgehead atoms. The van der Waals surface area contributed by atoms with Gasteiger partial charge in [-0.1, -0.05) is 0 Å². The second-order valence-corrected chi connectivity index (χ2v) is 3.31. The van der Waals surface area contributed by atoms with E-state index in [4.69, 9.17) is 5.73 Å². The maximum absolute atomic E-state index is 5.61. The van der Waals surface area contributed by atoms with Crippen LogP contribution in [0.3, 0.4) is 0 Å². The first-order chi connectivity index (χ1) is 7.25. The van der Waals surface area contributed by atoms with Crippen LogP contribution in [0.1, 0.15) is 5.82 Å². The molecule has 2 rings (SSSR count). The van der Waals surface area contributed by atoms with Gasteiger partial charge in [-0.15, -0.1) is 0 Å². The first kappa shape index (κ1) is 9.51. The molecule has 2 aromatic heterocycles. The van der Waals surface area contributed by atoms with Gasteiger partial charge >= 0.3 is 0 Å². The monoisotopic (exact) mass is 203 g/mol. The van der Waals surface area contributed by atoms with Crippen LogP contribution in [0.25, 0.3) is 0 Å². The number of aromatic nitrogens is 3. The zero-order chi connectivity index (χ0) is 10.7. The molecule has 0 aromatic carbocycles. The summed E-state index contributed by atoms with van der Waals surface area (Å²) in [6.07, 6.45) is 7.04. The molecule has 15 heavy (non-hydrogen) atoms. The summed E-state index contributed by atoms with van der Waals surface area (Å²) in [6.45, 7) is 0.661. The Hall–Kier alpha value is -2.04. The zero-order valence-corrected chi connectivity index (χ0v) is 8.51. The summed E-state index contributed by atoms with van der Waals surface area (Å²) < 4.78 is 1.97. The van der Waals surface area contributed by atoms with Gasteiger partial charge in [0.2, 0.25) is 0 Å². The van der Waals surface area contributed by atoms with Crippen LogP contribution in [0.2, 0.25) is 0 Å². The summed E-state index contributed by atoms with van der Waals surface area (Å²) in [4.78, 5) is 8.19. The number of anilines is 2. The van der Waals surface area contributed by atoms with Gasteiger partial charge in [-0.05, 0) is 6.07 Å². The molecule has 0 spiro atoms. The number of aryl methyl sites for hydroxylation is 1. The van der Waals surface area contributed by atoms with Crippen molar-refractivity contribution < 1.29 is 0 Å². The lowest BCUT2D eigenvalue weighted by atomic mass is 10.4. The fourth-order valence-electron chi connectivity index (χ4n) is 1.30. The minimum Gasteiger partial charge on any atom is -0.397 e. The Morgan fingerprint density at radius 1 is 1.47 bits per heavy atom. The summed E-state index contributed by atoms with van der Waals surface area (Å²) in [5, 5.41) is 3.20.